The summed E-state index contributed by atoms with van der Waals surface area (Å²) in [5.41, 5.74) is -0.704. The lowest BCUT2D eigenvalue weighted by Crippen LogP contribution is -2.47. The van der Waals surface area contributed by atoms with Crippen molar-refractivity contribution < 1.29 is 18.3 Å². The first-order valence-corrected chi connectivity index (χ1v) is 7.33. The van der Waals surface area contributed by atoms with Gasteiger partial charge in [-0.15, -0.1) is 0 Å². The standard InChI is InChI=1S/C16H20F3NO/c1-15(16(2,18)19)9-12-6-7-13(20(12)14(15)21)10-4-3-5-11(17)8-10/h3-5,8,12-14,21H,6-7,9H2,1-2H3/t12-,13+,14?,15+/m0/s1. The quantitative estimate of drug-likeness (QED) is 0.900. The van der Waals surface area contributed by atoms with Gasteiger partial charge in [-0.05, 0) is 43.9 Å². The highest BCUT2D eigenvalue weighted by Crippen LogP contribution is 2.56. The molecule has 5 heteroatoms. The molecule has 0 amide bonds. The van der Waals surface area contributed by atoms with E-state index in [0.717, 1.165) is 25.3 Å². The van der Waals surface area contributed by atoms with Crippen LogP contribution in [0.3, 0.4) is 0 Å². The monoisotopic (exact) mass is 299 g/mol. The molecule has 2 saturated heterocycles. The minimum absolute atomic E-state index is 0.0657. The van der Waals surface area contributed by atoms with Crippen molar-refractivity contribution >= 4 is 0 Å². The maximum Gasteiger partial charge on any atom is 0.254 e. The third-order valence-electron chi connectivity index (χ3n) is 5.30. The molecule has 21 heavy (non-hydrogen) atoms. The van der Waals surface area contributed by atoms with Gasteiger partial charge in [-0.1, -0.05) is 12.1 Å². The molecule has 2 heterocycles. The van der Waals surface area contributed by atoms with Crippen LogP contribution < -0.4 is 0 Å². The van der Waals surface area contributed by atoms with Gasteiger partial charge in [0.1, 0.15) is 12.0 Å². The predicted molar refractivity (Wildman–Crippen MR) is 73.4 cm³/mol. The molecule has 0 radical (unpaired) electrons. The van der Waals surface area contributed by atoms with Crippen molar-refractivity contribution in [3.8, 4) is 0 Å². The normalized spacial score (nSPS) is 37.0. The Morgan fingerprint density at radius 1 is 1.33 bits per heavy atom. The van der Waals surface area contributed by atoms with Gasteiger partial charge in [0.15, 0.2) is 0 Å². The summed E-state index contributed by atoms with van der Waals surface area (Å²) in [7, 11) is 0. The van der Waals surface area contributed by atoms with Crippen LogP contribution in [0.15, 0.2) is 24.3 Å². The molecule has 1 unspecified atom stereocenters. The number of aliphatic hydroxyl groups is 1. The zero-order valence-corrected chi connectivity index (χ0v) is 12.2. The van der Waals surface area contributed by atoms with Crippen LogP contribution in [0.5, 0.6) is 0 Å². The largest absolute Gasteiger partial charge is 0.378 e. The SMILES string of the molecule is CC(F)(F)[C@]1(C)C[C@@H]2CC[C@H](c3cccc(F)c3)N2C1O. The van der Waals surface area contributed by atoms with E-state index in [9.17, 15) is 18.3 Å². The van der Waals surface area contributed by atoms with E-state index in [-0.39, 0.29) is 24.3 Å². The average Bonchev–Trinajstić information content (AvgIpc) is 2.89. The number of hydrogen-bond donors (Lipinski definition) is 1. The van der Waals surface area contributed by atoms with E-state index in [4.69, 9.17) is 0 Å². The lowest BCUT2D eigenvalue weighted by Gasteiger charge is -2.37. The van der Waals surface area contributed by atoms with E-state index in [1.54, 1.807) is 17.0 Å². The molecule has 1 N–H and O–H groups in total. The summed E-state index contributed by atoms with van der Waals surface area (Å²) >= 11 is 0. The first-order chi connectivity index (χ1) is 9.74. The first-order valence-electron chi connectivity index (χ1n) is 7.33. The number of hydrogen-bond acceptors (Lipinski definition) is 2. The number of alkyl halides is 2. The third kappa shape index (κ3) is 2.18. The van der Waals surface area contributed by atoms with Crippen molar-refractivity contribution in [2.24, 2.45) is 5.41 Å². The molecule has 0 aliphatic carbocycles. The molecule has 116 valence electrons. The first kappa shape index (κ1) is 14.9. The zero-order valence-electron chi connectivity index (χ0n) is 12.2. The third-order valence-corrected chi connectivity index (χ3v) is 5.30. The molecule has 1 aromatic rings. The fourth-order valence-electron chi connectivity index (χ4n) is 3.86. The number of nitrogens with zero attached hydrogens (tertiary/aromatic N) is 1. The van der Waals surface area contributed by atoms with Crippen LogP contribution in [0.1, 0.15) is 44.7 Å². The van der Waals surface area contributed by atoms with Gasteiger partial charge in [-0.3, -0.25) is 4.90 Å². The predicted octanol–water partition coefficient (Wildman–Crippen LogP) is 3.71. The van der Waals surface area contributed by atoms with Crippen molar-refractivity contribution in [2.45, 2.75) is 57.3 Å². The van der Waals surface area contributed by atoms with Crippen LogP contribution in [0.25, 0.3) is 0 Å². The molecule has 0 spiro atoms. The van der Waals surface area contributed by atoms with Gasteiger partial charge in [0.05, 0.1) is 5.41 Å². The Morgan fingerprint density at radius 2 is 2.05 bits per heavy atom. The number of aliphatic hydroxyl groups excluding tert-OH is 1. The molecule has 2 fully saturated rings. The fraction of sp³-hybridized carbons (Fsp3) is 0.625. The van der Waals surface area contributed by atoms with Crippen LogP contribution in [0.2, 0.25) is 0 Å². The highest BCUT2D eigenvalue weighted by molar-refractivity contribution is 5.23. The zero-order chi connectivity index (χ0) is 15.4. The Labute approximate surface area is 122 Å². The van der Waals surface area contributed by atoms with Gasteiger partial charge in [-0.2, -0.15) is 0 Å². The second-order valence-electron chi connectivity index (χ2n) is 6.63. The lowest BCUT2D eigenvalue weighted by molar-refractivity contribution is -0.170. The van der Waals surface area contributed by atoms with Gasteiger partial charge in [-0.25, -0.2) is 13.2 Å². The Morgan fingerprint density at radius 3 is 2.67 bits per heavy atom. The molecular formula is C16H20F3NO. The molecule has 2 aliphatic rings. The van der Waals surface area contributed by atoms with E-state index in [2.05, 4.69) is 0 Å². The van der Waals surface area contributed by atoms with E-state index in [1.165, 1.54) is 19.1 Å². The van der Waals surface area contributed by atoms with Gasteiger partial charge >= 0.3 is 0 Å². The summed E-state index contributed by atoms with van der Waals surface area (Å²) in [5, 5.41) is 10.5. The number of rotatable bonds is 2. The maximum atomic E-state index is 13.9. The van der Waals surface area contributed by atoms with Crippen LogP contribution in [0, 0.1) is 11.2 Å². The van der Waals surface area contributed by atoms with Crippen LogP contribution >= 0.6 is 0 Å². The van der Waals surface area contributed by atoms with Crippen LogP contribution in [-0.4, -0.2) is 28.2 Å². The Kier molecular flexibility index (Phi) is 3.33. The summed E-state index contributed by atoms with van der Waals surface area (Å²) < 4.78 is 41.2. The Balaban J connectivity index is 1.93. The molecule has 4 atom stereocenters. The van der Waals surface area contributed by atoms with Crippen molar-refractivity contribution in [1.29, 1.82) is 0 Å². The smallest absolute Gasteiger partial charge is 0.254 e. The molecule has 0 saturated carbocycles. The fourth-order valence-corrected chi connectivity index (χ4v) is 3.86. The second kappa shape index (κ2) is 4.71. The van der Waals surface area contributed by atoms with Crippen molar-refractivity contribution in [2.75, 3.05) is 0 Å². The van der Waals surface area contributed by atoms with E-state index >= 15 is 0 Å². The van der Waals surface area contributed by atoms with Crippen molar-refractivity contribution in [3.63, 3.8) is 0 Å². The molecule has 3 rings (SSSR count). The van der Waals surface area contributed by atoms with Gasteiger partial charge in [0.25, 0.3) is 5.92 Å². The minimum Gasteiger partial charge on any atom is -0.378 e. The van der Waals surface area contributed by atoms with Crippen molar-refractivity contribution in [3.05, 3.63) is 35.6 Å². The van der Waals surface area contributed by atoms with Crippen LogP contribution in [0.4, 0.5) is 13.2 Å². The number of fused-ring (bicyclic) bond motifs is 1. The molecular weight excluding hydrogens is 279 g/mol. The van der Waals surface area contributed by atoms with Gasteiger partial charge < -0.3 is 5.11 Å². The number of halogens is 3. The van der Waals surface area contributed by atoms with Gasteiger partial charge in [0, 0.05) is 19.0 Å². The van der Waals surface area contributed by atoms with E-state index in [0.29, 0.717) is 0 Å². The lowest BCUT2D eigenvalue weighted by atomic mass is 9.79. The summed E-state index contributed by atoms with van der Waals surface area (Å²) in [6.45, 7) is 2.31. The minimum atomic E-state index is -2.96. The van der Waals surface area contributed by atoms with Crippen molar-refractivity contribution in [1.82, 2.24) is 4.90 Å². The topological polar surface area (TPSA) is 23.5 Å². The number of benzene rings is 1. The average molecular weight is 299 g/mol. The molecule has 0 aromatic heterocycles. The molecule has 0 bridgehead atoms. The summed E-state index contributed by atoms with van der Waals surface area (Å²) in [4.78, 5) is 1.76. The summed E-state index contributed by atoms with van der Waals surface area (Å²) in [6, 6.07) is 5.95. The molecule has 2 aliphatic heterocycles. The Hall–Kier alpha value is -1.07. The molecule has 2 nitrogen and oxygen atoms in total. The summed E-state index contributed by atoms with van der Waals surface area (Å²) in [6.07, 6.45) is 0.572. The maximum absolute atomic E-state index is 13.9. The molecule has 1 aromatic carbocycles. The van der Waals surface area contributed by atoms with Crippen LogP contribution in [-0.2, 0) is 0 Å². The van der Waals surface area contributed by atoms with E-state index < -0.39 is 17.6 Å². The Bertz CT molecular complexity index is 545. The summed E-state index contributed by atoms with van der Waals surface area (Å²) in [5.74, 6) is -3.29. The highest BCUT2D eigenvalue weighted by atomic mass is 19.3. The highest BCUT2D eigenvalue weighted by Gasteiger charge is 2.62. The van der Waals surface area contributed by atoms with E-state index in [1.807, 2.05) is 0 Å². The second-order valence-corrected chi connectivity index (χ2v) is 6.63. The van der Waals surface area contributed by atoms with Gasteiger partial charge in [0.2, 0.25) is 0 Å².